The van der Waals surface area contributed by atoms with Crippen LogP contribution in [0.1, 0.15) is 31.2 Å². The van der Waals surface area contributed by atoms with Gasteiger partial charge in [0, 0.05) is 0 Å². The second-order valence-corrected chi connectivity index (χ2v) is 7.75. The Kier molecular flexibility index (Phi) is 3.50. The first-order valence-corrected chi connectivity index (χ1v) is 8.74. The van der Waals surface area contributed by atoms with Gasteiger partial charge in [-0.1, -0.05) is 6.42 Å². The molecule has 2 saturated carbocycles. The molecule has 2 bridgehead atoms. The summed E-state index contributed by atoms with van der Waals surface area (Å²) < 4.78 is 28.6. The maximum Gasteiger partial charge on any atom is 0.238 e. The number of ether oxygens (including phenoxy) is 1. The minimum atomic E-state index is -3.64. The maximum atomic E-state index is 11.4. The highest BCUT2D eigenvalue weighted by Gasteiger charge is 2.39. The third-order valence-electron chi connectivity index (χ3n) is 4.80. The van der Waals surface area contributed by atoms with Crippen molar-refractivity contribution in [3.63, 3.8) is 0 Å². The van der Waals surface area contributed by atoms with Gasteiger partial charge in [0.25, 0.3) is 0 Å². The van der Waals surface area contributed by atoms with Crippen molar-refractivity contribution in [2.24, 2.45) is 22.9 Å². The van der Waals surface area contributed by atoms with Crippen LogP contribution in [0.4, 0.5) is 0 Å². The molecule has 0 heterocycles. The SMILES string of the molecule is Cc1cc(OCC2CC3CCC2C3)ccc1S(N)(=O)=O. The molecule has 3 rings (SSSR count). The van der Waals surface area contributed by atoms with Crippen LogP contribution in [-0.4, -0.2) is 15.0 Å². The van der Waals surface area contributed by atoms with E-state index in [1.807, 2.05) is 0 Å². The average Bonchev–Trinajstić information content (AvgIpc) is 2.96. The number of hydrogen-bond donors (Lipinski definition) is 1. The quantitative estimate of drug-likeness (QED) is 0.927. The second-order valence-electron chi connectivity index (χ2n) is 6.22. The molecule has 0 radical (unpaired) electrons. The van der Waals surface area contributed by atoms with Crippen LogP contribution in [0.5, 0.6) is 5.75 Å². The molecule has 2 aliphatic rings. The van der Waals surface area contributed by atoms with Gasteiger partial charge >= 0.3 is 0 Å². The molecule has 2 aliphatic carbocycles. The van der Waals surface area contributed by atoms with E-state index in [4.69, 9.17) is 9.88 Å². The Balaban J connectivity index is 1.65. The molecular formula is C15H21NO3S. The number of benzene rings is 1. The van der Waals surface area contributed by atoms with Gasteiger partial charge in [-0.25, -0.2) is 13.6 Å². The van der Waals surface area contributed by atoms with Crippen molar-refractivity contribution in [3.05, 3.63) is 23.8 Å². The zero-order chi connectivity index (χ0) is 14.3. The minimum Gasteiger partial charge on any atom is -0.493 e. The Bertz CT molecular complexity index is 612. The summed E-state index contributed by atoms with van der Waals surface area (Å²) in [5.41, 5.74) is 0.637. The van der Waals surface area contributed by atoms with Crippen molar-refractivity contribution in [1.29, 1.82) is 0 Å². The van der Waals surface area contributed by atoms with Gasteiger partial charge in [-0.3, -0.25) is 0 Å². The summed E-state index contributed by atoms with van der Waals surface area (Å²) in [5, 5.41) is 5.15. The summed E-state index contributed by atoms with van der Waals surface area (Å²) in [6.07, 6.45) is 5.40. The van der Waals surface area contributed by atoms with Crippen LogP contribution in [0.3, 0.4) is 0 Å². The monoisotopic (exact) mass is 295 g/mol. The van der Waals surface area contributed by atoms with E-state index in [-0.39, 0.29) is 4.90 Å². The van der Waals surface area contributed by atoms with E-state index in [9.17, 15) is 8.42 Å². The fraction of sp³-hybridized carbons (Fsp3) is 0.600. The first kappa shape index (κ1) is 13.9. The zero-order valence-corrected chi connectivity index (χ0v) is 12.5. The van der Waals surface area contributed by atoms with Crippen LogP contribution in [0.25, 0.3) is 0 Å². The van der Waals surface area contributed by atoms with Crippen LogP contribution < -0.4 is 9.88 Å². The standard InChI is InChI=1S/C15H21NO3S/c1-10-6-14(4-5-15(10)20(16,17)18)19-9-13-8-11-2-3-12(13)7-11/h4-6,11-13H,2-3,7-9H2,1H3,(H2,16,17,18). The van der Waals surface area contributed by atoms with Gasteiger partial charge in [-0.2, -0.15) is 0 Å². The van der Waals surface area contributed by atoms with Crippen molar-refractivity contribution in [3.8, 4) is 5.75 Å². The van der Waals surface area contributed by atoms with Gasteiger partial charge in [-0.15, -0.1) is 0 Å². The Labute approximate surface area is 120 Å². The van der Waals surface area contributed by atoms with Crippen molar-refractivity contribution in [2.45, 2.75) is 37.5 Å². The molecule has 0 aromatic heterocycles. The fourth-order valence-electron chi connectivity index (χ4n) is 3.81. The Morgan fingerprint density at radius 3 is 2.65 bits per heavy atom. The molecule has 3 unspecified atom stereocenters. The molecule has 5 heteroatoms. The Morgan fingerprint density at radius 1 is 1.30 bits per heavy atom. The highest BCUT2D eigenvalue weighted by molar-refractivity contribution is 7.89. The summed E-state index contributed by atoms with van der Waals surface area (Å²) in [6, 6.07) is 4.98. The molecule has 1 aromatic carbocycles. The lowest BCUT2D eigenvalue weighted by atomic mass is 9.89. The molecule has 20 heavy (non-hydrogen) atoms. The molecule has 4 nitrogen and oxygen atoms in total. The molecule has 1 aromatic rings. The van der Waals surface area contributed by atoms with Gasteiger partial charge in [0.1, 0.15) is 5.75 Å². The zero-order valence-electron chi connectivity index (χ0n) is 11.7. The lowest BCUT2D eigenvalue weighted by Gasteiger charge is -2.22. The fourth-order valence-corrected chi connectivity index (χ4v) is 4.58. The number of rotatable bonds is 4. The minimum absolute atomic E-state index is 0.171. The topological polar surface area (TPSA) is 69.4 Å². The van der Waals surface area contributed by atoms with E-state index in [1.54, 1.807) is 19.1 Å². The first-order valence-electron chi connectivity index (χ1n) is 7.20. The summed E-state index contributed by atoms with van der Waals surface area (Å²) in [4.78, 5) is 0.171. The van der Waals surface area contributed by atoms with E-state index in [0.29, 0.717) is 11.5 Å². The summed E-state index contributed by atoms with van der Waals surface area (Å²) >= 11 is 0. The summed E-state index contributed by atoms with van der Waals surface area (Å²) in [6.45, 7) is 2.49. The van der Waals surface area contributed by atoms with Crippen LogP contribution >= 0.6 is 0 Å². The Hall–Kier alpha value is -1.07. The maximum absolute atomic E-state index is 11.4. The van der Waals surface area contributed by atoms with E-state index in [0.717, 1.165) is 24.2 Å². The lowest BCUT2D eigenvalue weighted by molar-refractivity contribution is 0.195. The molecule has 0 spiro atoms. The smallest absolute Gasteiger partial charge is 0.238 e. The average molecular weight is 295 g/mol. The van der Waals surface area contributed by atoms with E-state index in [1.165, 1.54) is 31.7 Å². The highest BCUT2D eigenvalue weighted by atomic mass is 32.2. The van der Waals surface area contributed by atoms with Crippen LogP contribution in [0, 0.1) is 24.7 Å². The largest absolute Gasteiger partial charge is 0.493 e. The summed E-state index contributed by atoms with van der Waals surface area (Å²) in [7, 11) is -3.64. The van der Waals surface area contributed by atoms with Crippen molar-refractivity contribution in [1.82, 2.24) is 0 Å². The predicted molar refractivity (Wildman–Crippen MR) is 77.0 cm³/mol. The molecule has 0 saturated heterocycles. The first-order chi connectivity index (χ1) is 9.43. The van der Waals surface area contributed by atoms with Gasteiger partial charge < -0.3 is 4.74 Å². The number of fused-ring (bicyclic) bond motifs is 2. The third-order valence-corrected chi connectivity index (χ3v) is 5.87. The number of hydrogen-bond acceptors (Lipinski definition) is 3. The molecule has 3 atom stereocenters. The van der Waals surface area contributed by atoms with E-state index in [2.05, 4.69) is 0 Å². The van der Waals surface area contributed by atoms with Gasteiger partial charge in [-0.05, 0) is 67.7 Å². The van der Waals surface area contributed by atoms with Crippen molar-refractivity contribution < 1.29 is 13.2 Å². The summed E-state index contributed by atoms with van der Waals surface area (Å²) in [5.74, 6) is 3.16. The number of nitrogens with two attached hydrogens (primary N) is 1. The molecule has 0 aliphatic heterocycles. The molecule has 2 fully saturated rings. The van der Waals surface area contributed by atoms with E-state index < -0.39 is 10.0 Å². The molecule has 110 valence electrons. The molecule has 0 amide bonds. The third kappa shape index (κ3) is 2.69. The van der Waals surface area contributed by atoms with Crippen molar-refractivity contribution in [2.75, 3.05) is 6.61 Å². The molecular weight excluding hydrogens is 274 g/mol. The normalized spacial score (nSPS) is 28.8. The van der Waals surface area contributed by atoms with Gasteiger partial charge in [0.2, 0.25) is 10.0 Å². The van der Waals surface area contributed by atoms with Crippen LogP contribution in [0.2, 0.25) is 0 Å². The number of primary sulfonamides is 1. The van der Waals surface area contributed by atoms with E-state index >= 15 is 0 Å². The van der Waals surface area contributed by atoms with Crippen molar-refractivity contribution >= 4 is 10.0 Å². The van der Waals surface area contributed by atoms with Gasteiger partial charge in [0.15, 0.2) is 0 Å². The van der Waals surface area contributed by atoms with Crippen LogP contribution in [0.15, 0.2) is 23.1 Å². The predicted octanol–water partition coefficient (Wildman–Crippen LogP) is 2.46. The lowest BCUT2D eigenvalue weighted by Crippen LogP contribution is -2.18. The number of aryl methyl sites for hydroxylation is 1. The number of sulfonamides is 1. The van der Waals surface area contributed by atoms with Gasteiger partial charge in [0.05, 0.1) is 11.5 Å². The Morgan fingerprint density at radius 2 is 2.10 bits per heavy atom. The second kappa shape index (κ2) is 5.04. The molecule has 2 N–H and O–H groups in total. The highest BCUT2D eigenvalue weighted by Crippen LogP contribution is 2.48. The van der Waals surface area contributed by atoms with Crippen LogP contribution in [-0.2, 0) is 10.0 Å².